The number of ether oxygens (including phenoxy) is 1. The standard InChI is InChI=1S/C15H14FN3O2S2/c16-11-2-1-3-17-13(11)21-10-4-15(23-5-10)7-19(8-15)14(20)12-6-22-9-18-12/h1-3,6,9-10H,4-5,7-8H2/t10-/m1/s1. The van der Waals surface area contributed by atoms with E-state index in [1.165, 1.54) is 23.6 Å². The number of halogens is 1. The highest BCUT2D eigenvalue weighted by atomic mass is 32.2. The second-order valence-electron chi connectivity index (χ2n) is 5.76. The van der Waals surface area contributed by atoms with Gasteiger partial charge < -0.3 is 9.64 Å². The molecule has 2 aliphatic rings. The molecule has 0 radical (unpaired) electrons. The van der Waals surface area contributed by atoms with Crippen LogP contribution < -0.4 is 4.74 Å². The van der Waals surface area contributed by atoms with Gasteiger partial charge in [-0.2, -0.15) is 0 Å². The number of nitrogens with zero attached hydrogens (tertiary/aromatic N) is 3. The number of aromatic nitrogens is 2. The third-order valence-corrected chi connectivity index (χ3v) is 6.24. The molecule has 2 fully saturated rings. The topological polar surface area (TPSA) is 55.3 Å². The van der Waals surface area contributed by atoms with Crippen molar-refractivity contribution in [2.75, 3.05) is 18.8 Å². The minimum absolute atomic E-state index is 0.0161. The molecule has 0 saturated carbocycles. The molecule has 0 aliphatic carbocycles. The van der Waals surface area contributed by atoms with E-state index in [0.717, 1.165) is 12.2 Å². The Morgan fingerprint density at radius 1 is 1.43 bits per heavy atom. The summed E-state index contributed by atoms with van der Waals surface area (Å²) >= 11 is 3.22. The van der Waals surface area contributed by atoms with Crippen LogP contribution in [0.5, 0.6) is 5.88 Å². The molecule has 5 nitrogen and oxygen atoms in total. The summed E-state index contributed by atoms with van der Waals surface area (Å²) in [7, 11) is 0. The van der Waals surface area contributed by atoms with Crippen LogP contribution in [0.25, 0.3) is 0 Å². The maximum absolute atomic E-state index is 13.6. The van der Waals surface area contributed by atoms with E-state index in [1.54, 1.807) is 28.7 Å². The summed E-state index contributed by atoms with van der Waals surface area (Å²) in [5.74, 6) is 0.393. The number of thiazole rings is 1. The van der Waals surface area contributed by atoms with Crippen molar-refractivity contribution in [2.24, 2.45) is 0 Å². The number of thioether (sulfide) groups is 1. The fourth-order valence-corrected chi connectivity index (χ4v) is 5.04. The molecule has 2 aromatic rings. The molecule has 23 heavy (non-hydrogen) atoms. The van der Waals surface area contributed by atoms with Gasteiger partial charge in [0.05, 0.1) is 10.3 Å². The van der Waals surface area contributed by atoms with Crippen LogP contribution in [0.1, 0.15) is 16.9 Å². The van der Waals surface area contributed by atoms with Crippen molar-refractivity contribution in [3.63, 3.8) is 0 Å². The summed E-state index contributed by atoms with van der Waals surface area (Å²) in [6.07, 6.45) is 2.25. The lowest BCUT2D eigenvalue weighted by atomic mass is 9.92. The predicted molar refractivity (Wildman–Crippen MR) is 86.4 cm³/mol. The van der Waals surface area contributed by atoms with Crippen LogP contribution in [0.3, 0.4) is 0 Å². The van der Waals surface area contributed by atoms with Crippen molar-refractivity contribution in [1.82, 2.24) is 14.9 Å². The molecule has 2 aliphatic heterocycles. The van der Waals surface area contributed by atoms with Crippen molar-refractivity contribution in [3.05, 3.63) is 40.7 Å². The first kappa shape index (κ1) is 14.9. The SMILES string of the molecule is O=C(c1cscn1)N1CC2(C[C@@H](Oc3ncccc3F)CS2)C1. The van der Waals surface area contributed by atoms with Crippen LogP contribution in [0.2, 0.25) is 0 Å². The first-order chi connectivity index (χ1) is 11.2. The second kappa shape index (κ2) is 5.76. The van der Waals surface area contributed by atoms with Gasteiger partial charge >= 0.3 is 0 Å². The zero-order chi connectivity index (χ0) is 15.9. The van der Waals surface area contributed by atoms with Crippen molar-refractivity contribution in [2.45, 2.75) is 17.3 Å². The van der Waals surface area contributed by atoms with Gasteiger partial charge in [0.25, 0.3) is 11.8 Å². The Labute approximate surface area is 140 Å². The van der Waals surface area contributed by atoms with Gasteiger partial charge in [-0.05, 0) is 12.1 Å². The van der Waals surface area contributed by atoms with Crippen molar-refractivity contribution >= 4 is 29.0 Å². The minimum atomic E-state index is -0.438. The van der Waals surface area contributed by atoms with E-state index in [0.29, 0.717) is 18.8 Å². The van der Waals surface area contributed by atoms with E-state index < -0.39 is 5.82 Å². The van der Waals surface area contributed by atoms with Crippen LogP contribution in [0.15, 0.2) is 29.2 Å². The van der Waals surface area contributed by atoms with Crippen molar-refractivity contribution in [1.29, 1.82) is 0 Å². The van der Waals surface area contributed by atoms with E-state index in [4.69, 9.17) is 4.74 Å². The Bertz CT molecular complexity index is 719. The maximum atomic E-state index is 13.6. The van der Waals surface area contributed by atoms with Gasteiger partial charge in [0.15, 0.2) is 5.82 Å². The van der Waals surface area contributed by atoms with Crippen LogP contribution in [0, 0.1) is 5.82 Å². The molecule has 4 heterocycles. The van der Waals surface area contributed by atoms with Gasteiger partial charge in [-0.25, -0.2) is 14.4 Å². The lowest BCUT2D eigenvalue weighted by molar-refractivity contribution is 0.0509. The van der Waals surface area contributed by atoms with Gasteiger partial charge in [0, 0.05) is 36.8 Å². The fraction of sp³-hybridized carbons (Fsp3) is 0.400. The Kier molecular flexibility index (Phi) is 3.73. The van der Waals surface area contributed by atoms with E-state index in [-0.39, 0.29) is 22.6 Å². The summed E-state index contributed by atoms with van der Waals surface area (Å²) in [6, 6.07) is 2.89. The Balaban J connectivity index is 1.35. The Hall–Kier alpha value is -1.67. The average molecular weight is 351 g/mol. The molecule has 0 bridgehead atoms. The number of carbonyl (C=O) groups is 1. The number of likely N-dealkylation sites (tertiary alicyclic amines) is 1. The van der Waals surface area contributed by atoms with Crippen LogP contribution in [0.4, 0.5) is 4.39 Å². The normalized spacial score (nSPS) is 22.1. The third kappa shape index (κ3) is 2.81. The molecule has 120 valence electrons. The van der Waals surface area contributed by atoms with E-state index in [9.17, 15) is 9.18 Å². The van der Waals surface area contributed by atoms with Crippen LogP contribution >= 0.6 is 23.1 Å². The summed E-state index contributed by atoms with van der Waals surface area (Å²) in [4.78, 5) is 22.0. The lowest BCUT2D eigenvalue weighted by Gasteiger charge is -2.47. The molecule has 1 atom stereocenters. The zero-order valence-corrected chi connectivity index (χ0v) is 13.8. The summed E-state index contributed by atoms with van der Waals surface area (Å²) < 4.78 is 19.3. The summed E-state index contributed by atoms with van der Waals surface area (Å²) in [6.45, 7) is 1.39. The van der Waals surface area contributed by atoms with E-state index in [1.807, 2.05) is 4.90 Å². The Morgan fingerprint density at radius 3 is 3.04 bits per heavy atom. The molecular weight excluding hydrogens is 337 g/mol. The summed E-state index contributed by atoms with van der Waals surface area (Å²) in [5.41, 5.74) is 2.18. The first-order valence-corrected chi connectivity index (χ1v) is 9.17. The van der Waals surface area contributed by atoms with E-state index in [2.05, 4.69) is 9.97 Å². The third-order valence-electron chi connectivity index (χ3n) is 4.07. The smallest absolute Gasteiger partial charge is 0.273 e. The highest BCUT2D eigenvalue weighted by Gasteiger charge is 2.51. The lowest BCUT2D eigenvalue weighted by Crippen LogP contribution is -2.60. The summed E-state index contributed by atoms with van der Waals surface area (Å²) in [5, 5.41) is 1.77. The van der Waals surface area contributed by atoms with Gasteiger partial charge in [-0.15, -0.1) is 23.1 Å². The first-order valence-electron chi connectivity index (χ1n) is 7.24. The molecule has 0 unspecified atom stereocenters. The molecule has 4 rings (SSSR count). The number of rotatable bonds is 3. The highest BCUT2D eigenvalue weighted by molar-refractivity contribution is 8.01. The quantitative estimate of drug-likeness (QED) is 0.850. The van der Waals surface area contributed by atoms with Gasteiger partial charge in [0.1, 0.15) is 11.8 Å². The number of carbonyl (C=O) groups excluding carboxylic acids is 1. The molecule has 8 heteroatoms. The molecule has 0 N–H and O–H groups in total. The van der Waals surface area contributed by atoms with E-state index >= 15 is 0 Å². The van der Waals surface area contributed by atoms with Gasteiger partial charge in [-0.1, -0.05) is 0 Å². The molecule has 0 aromatic carbocycles. The predicted octanol–water partition coefficient (Wildman–Crippen LogP) is 2.46. The van der Waals surface area contributed by atoms with Gasteiger partial charge in [0.2, 0.25) is 0 Å². The number of hydrogen-bond acceptors (Lipinski definition) is 6. The number of hydrogen-bond donors (Lipinski definition) is 0. The molecule has 1 spiro atoms. The van der Waals surface area contributed by atoms with Crippen molar-refractivity contribution < 1.29 is 13.9 Å². The van der Waals surface area contributed by atoms with Gasteiger partial charge in [-0.3, -0.25) is 4.79 Å². The number of amides is 1. The fourth-order valence-electron chi connectivity index (χ4n) is 2.99. The average Bonchev–Trinajstić information content (AvgIpc) is 3.17. The molecule has 2 aromatic heterocycles. The number of pyridine rings is 1. The zero-order valence-electron chi connectivity index (χ0n) is 12.1. The second-order valence-corrected chi connectivity index (χ2v) is 7.97. The minimum Gasteiger partial charge on any atom is -0.471 e. The van der Waals surface area contributed by atoms with Crippen molar-refractivity contribution in [3.8, 4) is 5.88 Å². The molecular formula is C15H14FN3O2S2. The maximum Gasteiger partial charge on any atom is 0.273 e. The highest BCUT2D eigenvalue weighted by Crippen LogP contribution is 2.46. The van der Waals surface area contributed by atoms with Crippen LogP contribution in [-0.2, 0) is 0 Å². The Morgan fingerprint density at radius 2 is 2.30 bits per heavy atom. The van der Waals surface area contributed by atoms with Crippen LogP contribution in [-0.4, -0.2) is 50.5 Å². The molecule has 1 amide bonds. The largest absolute Gasteiger partial charge is 0.471 e. The molecule has 2 saturated heterocycles. The monoisotopic (exact) mass is 351 g/mol.